The number of pyridine rings is 2. The second kappa shape index (κ2) is 9.24. The summed E-state index contributed by atoms with van der Waals surface area (Å²) in [5.74, 6) is -2.29. The maximum absolute atomic E-state index is 15.0. The van der Waals surface area contributed by atoms with Crippen molar-refractivity contribution in [2.75, 3.05) is 25.1 Å². The van der Waals surface area contributed by atoms with Crippen LogP contribution in [0.1, 0.15) is 12.6 Å². The molecule has 0 aliphatic carbocycles. The van der Waals surface area contributed by atoms with E-state index in [0.29, 0.717) is 28.7 Å². The molecule has 0 bridgehead atoms. The quantitative estimate of drug-likeness (QED) is 0.379. The molecule has 1 atom stereocenters. The Morgan fingerprint density at radius 2 is 2.00 bits per heavy atom. The average molecular weight is 490 g/mol. The van der Waals surface area contributed by atoms with Crippen molar-refractivity contribution >= 4 is 22.7 Å². The zero-order valence-corrected chi connectivity index (χ0v) is 19.0. The van der Waals surface area contributed by atoms with Crippen LogP contribution < -0.4 is 10.1 Å². The van der Waals surface area contributed by atoms with Gasteiger partial charge in [0.2, 0.25) is 0 Å². The van der Waals surface area contributed by atoms with Gasteiger partial charge in [0.1, 0.15) is 29.8 Å². The fraction of sp³-hybridized carbons (Fsp3) is 0.200. The third kappa shape index (κ3) is 4.42. The number of rotatable bonds is 5. The summed E-state index contributed by atoms with van der Waals surface area (Å²) in [5, 5.41) is 21.8. The normalized spacial score (nSPS) is 17.2. The number of ether oxygens (including phenoxy) is 2. The molecular weight excluding hydrogens is 470 g/mol. The third-order valence-electron chi connectivity index (χ3n) is 5.73. The van der Waals surface area contributed by atoms with Crippen LogP contribution in [0, 0.1) is 28.4 Å². The lowest BCUT2D eigenvalue weighted by molar-refractivity contribution is 0.0706. The van der Waals surface area contributed by atoms with E-state index in [9.17, 15) is 19.1 Å². The number of nitrogens with one attached hydrogen (secondary N) is 2. The zero-order valence-electron chi connectivity index (χ0n) is 19.0. The number of H-pyrrole nitrogens is 1. The van der Waals surface area contributed by atoms with Crippen molar-refractivity contribution in [3.05, 3.63) is 66.3 Å². The number of aliphatic imine (C=N–C) groups is 1. The van der Waals surface area contributed by atoms with Crippen molar-refractivity contribution in [2.45, 2.75) is 6.92 Å². The Morgan fingerprint density at radius 3 is 2.69 bits per heavy atom. The van der Waals surface area contributed by atoms with E-state index in [2.05, 4.69) is 25.3 Å². The maximum Gasteiger partial charge on any atom is 0.289 e. The second-order valence-electron chi connectivity index (χ2n) is 8.65. The van der Waals surface area contributed by atoms with E-state index >= 15 is 0 Å². The SMILES string of the molecule is C[C@]1(CO)CN=C(Nc2cc(F)c(Oc3ccnc4[nH]cc(-c5ccnc(C#N)c5)c34)c(F)c2)OC1. The van der Waals surface area contributed by atoms with Crippen LogP contribution >= 0.6 is 0 Å². The largest absolute Gasteiger partial charge is 0.464 e. The first-order chi connectivity index (χ1) is 17.4. The standard InChI is InChI=1S/C25H20F2N6O3/c1-25(12-34)11-32-24(35-13-25)33-15-7-18(26)22(19(27)8-15)36-20-3-5-30-23-21(20)17(10-31-23)14-2-4-29-16(6-14)9-28/h2-8,10,34H,11-13H2,1H3,(H,30,31)(H,32,33)/t25-/m1/s1. The fourth-order valence-corrected chi connectivity index (χ4v) is 3.73. The monoisotopic (exact) mass is 490 g/mol. The van der Waals surface area contributed by atoms with Gasteiger partial charge in [-0.15, -0.1) is 0 Å². The Labute approximate surface area is 204 Å². The highest BCUT2D eigenvalue weighted by atomic mass is 19.1. The molecule has 5 rings (SSSR count). The minimum Gasteiger partial charge on any atom is -0.464 e. The summed E-state index contributed by atoms with van der Waals surface area (Å²) in [6, 6.07) is 9.04. The van der Waals surface area contributed by atoms with Gasteiger partial charge in [-0.25, -0.2) is 23.7 Å². The molecule has 1 aromatic carbocycles. The van der Waals surface area contributed by atoms with Gasteiger partial charge in [-0.1, -0.05) is 6.92 Å². The average Bonchev–Trinajstić information content (AvgIpc) is 3.33. The molecule has 182 valence electrons. The molecule has 0 amide bonds. The van der Waals surface area contributed by atoms with Crippen LogP contribution in [0.25, 0.3) is 22.2 Å². The van der Waals surface area contributed by atoms with Crippen LogP contribution in [-0.4, -0.2) is 45.8 Å². The lowest BCUT2D eigenvalue weighted by Crippen LogP contribution is -2.38. The van der Waals surface area contributed by atoms with E-state index in [-0.39, 0.29) is 36.4 Å². The number of hydrogen-bond acceptors (Lipinski definition) is 8. The van der Waals surface area contributed by atoms with Crippen molar-refractivity contribution in [3.63, 3.8) is 0 Å². The van der Waals surface area contributed by atoms with Crippen molar-refractivity contribution in [1.29, 1.82) is 5.26 Å². The summed E-state index contributed by atoms with van der Waals surface area (Å²) in [6.45, 7) is 2.25. The molecule has 1 aliphatic rings. The van der Waals surface area contributed by atoms with E-state index in [1.807, 2.05) is 13.0 Å². The molecule has 0 radical (unpaired) electrons. The maximum atomic E-state index is 15.0. The number of nitrogens with zero attached hydrogens (tertiary/aromatic N) is 4. The second-order valence-corrected chi connectivity index (χ2v) is 8.65. The van der Waals surface area contributed by atoms with Crippen molar-refractivity contribution in [3.8, 4) is 28.7 Å². The first-order valence-electron chi connectivity index (χ1n) is 10.9. The molecule has 36 heavy (non-hydrogen) atoms. The van der Waals surface area contributed by atoms with Gasteiger partial charge in [-0.2, -0.15) is 5.26 Å². The Bertz CT molecular complexity index is 1510. The first-order valence-corrected chi connectivity index (χ1v) is 10.9. The third-order valence-corrected chi connectivity index (χ3v) is 5.73. The molecule has 0 saturated carbocycles. The molecule has 4 heterocycles. The minimum atomic E-state index is -0.938. The molecule has 1 aliphatic heterocycles. The van der Waals surface area contributed by atoms with E-state index in [1.54, 1.807) is 18.3 Å². The molecule has 11 heteroatoms. The van der Waals surface area contributed by atoms with Crippen molar-refractivity contribution in [1.82, 2.24) is 15.0 Å². The number of fused-ring (bicyclic) bond motifs is 1. The van der Waals surface area contributed by atoms with Crippen LogP contribution in [0.2, 0.25) is 0 Å². The lowest BCUT2D eigenvalue weighted by Gasteiger charge is -2.30. The highest BCUT2D eigenvalue weighted by Gasteiger charge is 2.29. The Hall–Kier alpha value is -4.56. The number of amidine groups is 1. The van der Waals surface area contributed by atoms with E-state index in [0.717, 1.165) is 12.1 Å². The summed E-state index contributed by atoms with van der Waals surface area (Å²) in [5.41, 5.74) is 1.55. The lowest BCUT2D eigenvalue weighted by atomic mass is 9.93. The highest BCUT2D eigenvalue weighted by Crippen LogP contribution is 2.38. The van der Waals surface area contributed by atoms with Gasteiger partial charge < -0.3 is 24.9 Å². The Kier molecular flexibility index (Phi) is 5.95. The number of hydrogen-bond donors (Lipinski definition) is 3. The first kappa shape index (κ1) is 23.2. The molecule has 0 unspecified atom stereocenters. The van der Waals surface area contributed by atoms with Crippen molar-refractivity contribution < 1.29 is 23.4 Å². The highest BCUT2D eigenvalue weighted by molar-refractivity contribution is 5.98. The smallest absolute Gasteiger partial charge is 0.289 e. The zero-order chi connectivity index (χ0) is 25.3. The molecule has 0 fully saturated rings. The fourth-order valence-electron chi connectivity index (χ4n) is 3.73. The number of aromatic nitrogens is 3. The number of nitriles is 1. The van der Waals surface area contributed by atoms with Crippen LogP contribution in [0.15, 0.2) is 53.9 Å². The Morgan fingerprint density at radius 1 is 1.22 bits per heavy atom. The Balaban J connectivity index is 1.45. The molecule has 0 saturated heterocycles. The van der Waals surface area contributed by atoms with Crippen LogP contribution in [0.3, 0.4) is 0 Å². The van der Waals surface area contributed by atoms with Gasteiger partial charge in [0.05, 0.1) is 18.5 Å². The van der Waals surface area contributed by atoms with E-state index in [1.165, 1.54) is 18.5 Å². The number of halogens is 2. The number of aromatic amines is 1. The van der Waals surface area contributed by atoms with Gasteiger partial charge in [0, 0.05) is 47.4 Å². The van der Waals surface area contributed by atoms with Gasteiger partial charge in [-0.3, -0.25) is 0 Å². The number of benzene rings is 1. The summed E-state index contributed by atoms with van der Waals surface area (Å²) >= 11 is 0. The van der Waals surface area contributed by atoms with Gasteiger partial charge in [-0.05, 0) is 23.8 Å². The van der Waals surface area contributed by atoms with Crippen LogP contribution in [0.4, 0.5) is 14.5 Å². The van der Waals surface area contributed by atoms with Gasteiger partial charge in [0.25, 0.3) is 6.02 Å². The van der Waals surface area contributed by atoms with Gasteiger partial charge >= 0.3 is 0 Å². The van der Waals surface area contributed by atoms with E-state index in [4.69, 9.17) is 9.47 Å². The molecule has 3 N–H and O–H groups in total. The van der Waals surface area contributed by atoms with Gasteiger partial charge in [0.15, 0.2) is 17.4 Å². The number of anilines is 1. The summed E-state index contributed by atoms with van der Waals surface area (Å²) in [6.07, 6.45) is 4.63. The molecule has 9 nitrogen and oxygen atoms in total. The van der Waals surface area contributed by atoms with Crippen molar-refractivity contribution in [2.24, 2.45) is 10.4 Å². The molecule has 3 aromatic heterocycles. The molecule has 0 spiro atoms. The van der Waals surface area contributed by atoms with Crippen LogP contribution in [-0.2, 0) is 4.74 Å². The summed E-state index contributed by atoms with van der Waals surface area (Å²) in [7, 11) is 0. The predicted molar refractivity (Wildman–Crippen MR) is 128 cm³/mol. The topological polar surface area (TPSA) is 128 Å². The summed E-state index contributed by atoms with van der Waals surface area (Å²) < 4.78 is 41.2. The van der Waals surface area contributed by atoms with Crippen LogP contribution in [0.5, 0.6) is 11.5 Å². The number of aliphatic hydroxyl groups is 1. The van der Waals surface area contributed by atoms with E-state index < -0.39 is 22.8 Å². The molecule has 4 aromatic rings. The molecular formula is C25H20F2N6O3. The summed E-state index contributed by atoms with van der Waals surface area (Å²) in [4.78, 5) is 15.4. The minimum absolute atomic E-state index is 0.0896. The predicted octanol–water partition coefficient (Wildman–Crippen LogP) is 4.36. The number of aliphatic hydroxyl groups excluding tert-OH is 1.